The summed E-state index contributed by atoms with van der Waals surface area (Å²) >= 11 is 5.91. The maximum atomic E-state index is 12.6. The average Bonchev–Trinajstić information content (AvgIpc) is 2.64. The van der Waals surface area contributed by atoms with E-state index in [1.165, 1.54) is 16.8 Å². The summed E-state index contributed by atoms with van der Waals surface area (Å²) in [4.78, 5) is 37.1. The van der Waals surface area contributed by atoms with Crippen molar-refractivity contribution in [2.24, 2.45) is 0 Å². The molecule has 27 heavy (non-hydrogen) atoms. The van der Waals surface area contributed by atoms with Crippen molar-refractivity contribution in [1.82, 2.24) is 9.13 Å². The summed E-state index contributed by atoms with van der Waals surface area (Å²) < 4.78 is 2.32. The van der Waals surface area contributed by atoms with Crippen molar-refractivity contribution < 1.29 is 4.79 Å². The molecule has 0 fully saturated rings. The van der Waals surface area contributed by atoms with Crippen molar-refractivity contribution in [3.8, 4) is 0 Å². The van der Waals surface area contributed by atoms with Gasteiger partial charge < -0.3 is 5.32 Å². The fourth-order valence-electron chi connectivity index (χ4n) is 2.70. The molecule has 138 valence electrons. The highest BCUT2D eigenvalue weighted by atomic mass is 35.5. The number of aryl methyl sites for hydroxylation is 1. The van der Waals surface area contributed by atoms with Crippen molar-refractivity contribution in [3.05, 3.63) is 97.8 Å². The van der Waals surface area contributed by atoms with Crippen LogP contribution in [0, 0.1) is 6.92 Å². The minimum absolute atomic E-state index is 0.317. The lowest BCUT2D eigenvalue weighted by molar-refractivity contribution is -0.116. The fourth-order valence-corrected chi connectivity index (χ4v) is 2.93. The molecule has 0 aliphatic heterocycles. The third-order valence-electron chi connectivity index (χ3n) is 4.10. The molecule has 3 aromatic rings. The van der Waals surface area contributed by atoms with Crippen molar-refractivity contribution in [2.45, 2.75) is 20.0 Å². The number of hydrogen-bond acceptors (Lipinski definition) is 3. The number of anilines is 1. The van der Waals surface area contributed by atoms with E-state index in [9.17, 15) is 14.4 Å². The maximum absolute atomic E-state index is 12.6. The van der Waals surface area contributed by atoms with Crippen LogP contribution in [0.3, 0.4) is 0 Å². The lowest BCUT2D eigenvalue weighted by Gasteiger charge is -2.11. The topological polar surface area (TPSA) is 73.1 Å². The van der Waals surface area contributed by atoms with E-state index in [2.05, 4.69) is 5.32 Å². The number of benzene rings is 2. The van der Waals surface area contributed by atoms with Crippen LogP contribution >= 0.6 is 11.6 Å². The van der Waals surface area contributed by atoms with Gasteiger partial charge in [0, 0.05) is 23.0 Å². The van der Waals surface area contributed by atoms with Gasteiger partial charge in [0.25, 0.3) is 5.56 Å². The molecule has 0 unspecified atom stereocenters. The minimum Gasteiger partial charge on any atom is -0.324 e. The van der Waals surface area contributed by atoms with Crippen molar-refractivity contribution in [2.75, 3.05) is 5.32 Å². The van der Waals surface area contributed by atoms with Gasteiger partial charge in [-0.3, -0.25) is 18.7 Å². The molecular formula is C20H18ClN3O3. The van der Waals surface area contributed by atoms with Gasteiger partial charge in [-0.25, -0.2) is 4.79 Å². The molecule has 0 saturated carbocycles. The average molecular weight is 384 g/mol. The molecule has 0 saturated heterocycles. The Morgan fingerprint density at radius 2 is 1.81 bits per heavy atom. The molecule has 0 aliphatic carbocycles. The Labute approximate surface area is 160 Å². The first-order chi connectivity index (χ1) is 12.9. The van der Waals surface area contributed by atoms with Crippen LogP contribution in [0.15, 0.2) is 70.4 Å². The highest BCUT2D eigenvalue weighted by molar-refractivity contribution is 6.30. The number of hydrogen-bond donors (Lipinski definition) is 1. The molecule has 0 atom stereocenters. The van der Waals surface area contributed by atoms with Gasteiger partial charge in [0.15, 0.2) is 0 Å². The van der Waals surface area contributed by atoms with E-state index < -0.39 is 17.2 Å². The first kappa shape index (κ1) is 18.7. The molecule has 7 heteroatoms. The lowest BCUT2D eigenvalue weighted by atomic mass is 10.2. The van der Waals surface area contributed by atoms with Crippen molar-refractivity contribution in [1.29, 1.82) is 0 Å². The second-order valence-electron chi connectivity index (χ2n) is 6.14. The third-order valence-corrected chi connectivity index (χ3v) is 4.33. The monoisotopic (exact) mass is 383 g/mol. The number of carbonyl (C=O) groups is 1. The zero-order chi connectivity index (χ0) is 19.4. The standard InChI is InChI=1S/C20H18ClN3O3/c1-14-11-16(21)7-8-17(14)22-18(25)13-24-19(26)9-10-23(20(24)27)12-15-5-3-2-4-6-15/h2-11H,12-13H2,1H3,(H,22,25). The molecular weight excluding hydrogens is 366 g/mol. The SMILES string of the molecule is Cc1cc(Cl)ccc1NC(=O)Cn1c(=O)ccn(Cc2ccccc2)c1=O. The summed E-state index contributed by atoms with van der Waals surface area (Å²) in [6.07, 6.45) is 1.44. The summed E-state index contributed by atoms with van der Waals surface area (Å²) in [6.45, 7) is 1.76. The number of nitrogens with zero attached hydrogens (tertiary/aromatic N) is 2. The molecule has 1 aromatic heterocycles. The number of rotatable bonds is 5. The first-order valence-corrected chi connectivity index (χ1v) is 8.72. The largest absolute Gasteiger partial charge is 0.331 e. The number of carbonyl (C=O) groups excluding carboxylic acids is 1. The van der Waals surface area contributed by atoms with Gasteiger partial charge in [-0.05, 0) is 36.2 Å². The molecule has 0 spiro atoms. The van der Waals surface area contributed by atoms with Gasteiger partial charge in [-0.15, -0.1) is 0 Å². The predicted octanol–water partition coefficient (Wildman–Crippen LogP) is 2.66. The lowest BCUT2D eigenvalue weighted by Crippen LogP contribution is -2.41. The van der Waals surface area contributed by atoms with E-state index in [1.54, 1.807) is 18.2 Å². The van der Waals surface area contributed by atoms with Crippen LogP contribution in [-0.2, 0) is 17.9 Å². The summed E-state index contributed by atoms with van der Waals surface area (Å²) in [5.41, 5.74) is 1.24. The molecule has 0 bridgehead atoms. The van der Waals surface area contributed by atoms with Crippen molar-refractivity contribution in [3.63, 3.8) is 0 Å². The maximum Gasteiger partial charge on any atom is 0.331 e. The van der Waals surface area contributed by atoms with Crippen LogP contribution in [0.25, 0.3) is 0 Å². The molecule has 0 radical (unpaired) electrons. The zero-order valence-electron chi connectivity index (χ0n) is 14.7. The number of aromatic nitrogens is 2. The van der Waals surface area contributed by atoms with E-state index in [-0.39, 0.29) is 6.54 Å². The second-order valence-corrected chi connectivity index (χ2v) is 6.58. The highest BCUT2D eigenvalue weighted by Crippen LogP contribution is 2.19. The summed E-state index contributed by atoms with van der Waals surface area (Å²) in [5.74, 6) is -0.461. The van der Waals surface area contributed by atoms with Gasteiger partial charge >= 0.3 is 5.69 Å². The summed E-state index contributed by atoms with van der Waals surface area (Å²) in [5, 5.41) is 3.27. The van der Waals surface area contributed by atoms with Crippen LogP contribution < -0.4 is 16.6 Å². The molecule has 1 N–H and O–H groups in total. The molecule has 3 rings (SSSR count). The normalized spacial score (nSPS) is 10.6. The van der Waals surface area contributed by atoms with Crippen LogP contribution in [-0.4, -0.2) is 15.0 Å². The number of amides is 1. The third kappa shape index (κ3) is 4.54. The Bertz CT molecular complexity index is 1090. The fraction of sp³-hybridized carbons (Fsp3) is 0.150. The first-order valence-electron chi connectivity index (χ1n) is 8.34. The quantitative estimate of drug-likeness (QED) is 0.736. The second kappa shape index (κ2) is 8.05. The van der Waals surface area contributed by atoms with Gasteiger partial charge in [0.1, 0.15) is 6.54 Å². The summed E-state index contributed by atoms with van der Waals surface area (Å²) in [7, 11) is 0. The van der Waals surface area contributed by atoms with Crippen LogP contribution in [0.2, 0.25) is 5.02 Å². The Kier molecular flexibility index (Phi) is 5.57. The summed E-state index contributed by atoms with van der Waals surface area (Å²) in [6, 6.07) is 15.7. The molecule has 1 heterocycles. The van der Waals surface area contributed by atoms with E-state index in [0.717, 1.165) is 15.7 Å². The van der Waals surface area contributed by atoms with E-state index >= 15 is 0 Å². The van der Waals surface area contributed by atoms with Gasteiger partial charge in [0.2, 0.25) is 5.91 Å². The van der Waals surface area contributed by atoms with Crippen LogP contribution in [0.4, 0.5) is 5.69 Å². The van der Waals surface area contributed by atoms with Crippen LogP contribution in [0.1, 0.15) is 11.1 Å². The van der Waals surface area contributed by atoms with Gasteiger partial charge in [-0.2, -0.15) is 0 Å². The van der Waals surface area contributed by atoms with E-state index in [1.807, 2.05) is 37.3 Å². The Hall–Kier alpha value is -3.12. The van der Waals surface area contributed by atoms with Gasteiger partial charge in [0.05, 0.1) is 6.54 Å². The Morgan fingerprint density at radius 1 is 1.07 bits per heavy atom. The van der Waals surface area contributed by atoms with Gasteiger partial charge in [-0.1, -0.05) is 41.9 Å². The highest BCUT2D eigenvalue weighted by Gasteiger charge is 2.11. The number of nitrogens with one attached hydrogen (secondary N) is 1. The smallest absolute Gasteiger partial charge is 0.324 e. The van der Waals surface area contributed by atoms with E-state index in [0.29, 0.717) is 17.3 Å². The van der Waals surface area contributed by atoms with Crippen molar-refractivity contribution >= 4 is 23.2 Å². The number of halogens is 1. The zero-order valence-corrected chi connectivity index (χ0v) is 15.4. The molecule has 0 aliphatic rings. The van der Waals surface area contributed by atoms with E-state index in [4.69, 9.17) is 11.6 Å². The minimum atomic E-state index is -0.533. The van der Waals surface area contributed by atoms with Crippen LogP contribution in [0.5, 0.6) is 0 Å². The molecule has 1 amide bonds. The molecule has 6 nitrogen and oxygen atoms in total. The predicted molar refractivity (Wildman–Crippen MR) is 105 cm³/mol. The Balaban J connectivity index is 1.81. The molecule has 2 aromatic carbocycles. The Morgan fingerprint density at radius 3 is 2.52 bits per heavy atom.